The minimum Gasteiger partial charge on any atom is -0.383 e. The van der Waals surface area contributed by atoms with Crippen LogP contribution in [0.2, 0.25) is 0 Å². The first-order chi connectivity index (χ1) is 8.74. The minimum absolute atomic E-state index is 0.493. The summed E-state index contributed by atoms with van der Waals surface area (Å²) in [6.07, 6.45) is 2.28. The first-order valence-corrected chi connectivity index (χ1v) is 6.61. The molecule has 0 spiro atoms. The molecule has 18 heavy (non-hydrogen) atoms. The lowest BCUT2D eigenvalue weighted by atomic mass is 10.1. The number of aryl methyl sites for hydroxylation is 2. The Bertz CT molecular complexity index is 476. The Morgan fingerprint density at radius 3 is 2.50 bits per heavy atom. The van der Waals surface area contributed by atoms with Gasteiger partial charge in [-0.15, -0.1) is 0 Å². The van der Waals surface area contributed by atoms with Crippen molar-refractivity contribution in [3.63, 3.8) is 0 Å². The first-order valence-electron chi connectivity index (χ1n) is 6.61. The maximum Gasteiger partial charge on any atom is 0.0344 e. The van der Waals surface area contributed by atoms with E-state index in [2.05, 4.69) is 73.8 Å². The van der Waals surface area contributed by atoms with E-state index >= 15 is 0 Å². The van der Waals surface area contributed by atoms with Gasteiger partial charge in [-0.2, -0.15) is 0 Å². The van der Waals surface area contributed by atoms with Crippen LogP contribution in [0.4, 0.5) is 5.69 Å². The third-order valence-electron chi connectivity index (χ3n) is 3.14. The van der Waals surface area contributed by atoms with Crippen LogP contribution in [0.3, 0.4) is 0 Å². The lowest BCUT2D eigenvalue weighted by molar-refractivity contribution is 0.706. The molecule has 1 atom stereocenters. The molecule has 0 aromatic heterocycles. The smallest absolute Gasteiger partial charge is 0.0344 e. The van der Waals surface area contributed by atoms with Gasteiger partial charge in [0.15, 0.2) is 0 Å². The van der Waals surface area contributed by atoms with E-state index in [0.29, 0.717) is 6.04 Å². The fourth-order valence-electron chi connectivity index (χ4n) is 2.12. The van der Waals surface area contributed by atoms with Gasteiger partial charge in [0.05, 0.1) is 0 Å². The van der Waals surface area contributed by atoms with E-state index in [1.165, 1.54) is 16.8 Å². The topological polar surface area (TPSA) is 12.0 Å². The molecule has 0 saturated carbocycles. The summed E-state index contributed by atoms with van der Waals surface area (Å²) in [6.45, 7) is 4.37. The van der Waals surface area contributed by atoms with Gasteiger partial charge in [0.25, 0.3) is 0 Å². The van der Waals surface area contributed by atoms with Crippen molar-refractivity contribution < 1.29 is 0 Å². The molecule has 2 aromatic rings. The first kappa shape index (κ1) is 12.7. The van der Waals surface area contributed by atoms with E-state index < -0.39 is 0 Å². The number of rotatable bonds is 5. The molecule has 0 amide bonds. The van der Waals surface area contributed by atoms with Crippen molar-refractivity contribution in [3.05, 3.63) is 65.7 Å². The third kappa shape index (κ3) is 3.92. The molecule has 0 fully saturated rings. The Hall–Kier alpha value is -1.76. The Morgan fingerprint density at radius 2 is 1.78 bits per heavy atom. The Balaban J connectivity index is 1.84. The molecule has 94 valence electrons. The highest BCUT2D eigenvalue weighted by Crippen LogP contribution is 2.13. The van der Waals surface area contributed by atoms with Gasteiger partial charge in [0, 0.05) is 11.7 Å². The van der Waals surface area contributed by atoms with Crippen LogP contribution in [0.5, 0.6) is 0 Å². The highest BCUT2D eigenvalue weighted by molar-refractivity contribution is 5.46. The molecular weight excluding hydrogens is 218 g/mol. The summed E-state index contributed by atoms with van der Waals surface area (Å²) in [5.74, 6) is 0. The molecule has 0 aliphatic heterocycles. The average molecular weight is 239 g/mol. The van der Waals surface area contributed by atoms with Crippen LogP contribution in [0.1, 0.15) is 24.5 Å². The van der Waals surface area contributed by atoms with Gasteiger partial charge >= 0.3 is 0 Å². The van der Waals surface area contributed by atoms with Crippen LogP contribution in [-0.4, -0.2) is 6.04 Å². The molecule has 0 aliphatic carbocycles. The molecule has 1 unspecified atom stereocenters. The molecule has 0 bridgehead atoms. The zero-order valence-corrected chi connectivity index (χ0v) is 11.2. The summed E-state index contributed by atoms with van der Waals surface area (Å²) < 4.78 is 0. The summed E-state index contributed by atoms with van der Waals surface area (Å²) in [7, 11) is 0. The second kappa shape index (κ2) is 6.25. The normalized spacial score (nSPS) is 12.1. The second-order valence-electron chi connectivity index (χ2n) is 4.94. The molecule has 0 saturated heterocycles. The Kier molecular flexibility index (Phi) is 4.40. The van der Waals surface area contributed by atoms with Crippen LogP contribution < -0.4 is 5.32 Å². The standard InChI is InChI=1S/C17H21N/c1-14-7-6-10-17(13-14)18-15(2)11-12-16-8-4-3-5-9-16/h3-10,13,15,18H,11-12H2,1-2H3. The average Bonchev–Trinajstić information content (AvgIpc) is 2.38. The van der Waals surface area contributed by atoms with Crippen molar-refractivity contribution in [2.45, 2.75) is 32.7 Å². The summed E-state index contributed by atoms with van der Waals surface area (Å²) >= 11 is 0. The van der Waals surface area contributed by atoms with Crippen LogP contribution in [-0.2, 0) is 6.42 Å². The monoisotopic (exact) mass is 239 g/mol. The fraction of sp³-hybridized carbons (Fsp3) is 0.294. The lowest BCUT2D eigenvalue weighted by Crippen LogP contribution is -2.15. The molecule has 2 rings (SSSR count). The van der Waals surface area contributed by atoms with E-state index in [-0.39, 0.29) is 0 Å². The fourth-order valence-corrected chi connectivity index (χ4v) is 2.12. The molecule has 0 aliphatic rings. The van der Waals surface area contributed by atoms with Gasteiger partial charge < -0.3 is 5.32 Å². The highest BCUT2D eigenvalue weighted by Gasteiger charge is 2.02. The largest absolute Gasteiger partial charge is 0.383 e. The molecular formula is C17H21N. The summed E-state index contributed by atoms with van der Waals surface area (Å²) in [5, 5.41) is 3.55. The zero-order valence-electron chi connectivity index (χ0n) is 11.2. The van der Waals surface area contributed by atoms with Gasteiger partial charge in [-0.25, -0.2) is 0 Å². The summed E-state index contributed by atoms with van der Waals surface area (Å²) in [5.41, 5.74) is 3.93. The summed E-state index contributed by atoms with van der Waals surface area (Å²) in [6, 6.07) is 19.7. The van der Waals surface area contributed by atoms with E-state index in [4.69, 9.17) is 0 Å². The predicted octanol–water partition coefficient (Wildman–Crippen LogP) is 4.43. The number of nitrogens with one attached hydrogen (secondary N) is 1. The van der Waals surface area contributed by atoms with Crippen molar-refractivity contribution in [1.29, 1.82) is 0 Å². The minimum atomic E-state index is 0.493. The van der Waals surface area contributed by atoms with Crippen molar-refractivity contribution in [2.24, 2.45) is 0 Å². The van der Waals surface area contributed by atoms with Gasteiger partial charge in [-0.1, -0.05) is 42.5 Å². The molecule has 1 heteroatoms. The number of hydrogen-bond acceptors (Lipinski definition) is 1. The van der Waals surface area contributed by atoms with E-state index in [9.17, 15) is 0 Å². The number of benzene rings is 2. The summed E-state index contributed by atoms with van der Waals surface area (Å²) in [4.78, 5) is 0. The second-order valence-corrected chi connectivity index (χ2v) is 4.94. The zero-order chi connectivity index (χ0) is 12.8. The van der Waals surface area contributed by atoms with Crippen LogP contribution in [0, 0.1) is 6.92 Å². The Morgan fingerprint density at radius 1 is 1.00 bits per heavy atom. The van der Waals surface area contributed by atoms with Crippen molar-refractivity contribution >= 4 is 5.69 Å². The van der Waals surface area contributed by atoms with E-state index in [1.54, 1.807) is 0 Å². The Labute approximate surface area is 110 Å². The van der Waals surface area contributed by atoms with Crippen LogP contribution in [0.25, 0.3) is 0 Å². The molecule has 1 N–H and O–H groups in total. The molecule has 0 heterocycles. The quantitative estimate of drug-likeness (QED) is 0.814. The predicted molar refractivity (Wildman–Crippen MR) is 79.0 cm³/mol. The number of hydrogen-bond donors (Lipinski definition) is 1. The third-order valence-corrected chi connectivity index (χ3v) is 3.14. The maximum atomic E-state index is 3.55. The van der Waals surface area contributed by atoms with Crippen molar-refractivity contribution in [3.8, 4) is 0 Å². The molecule has 0 radical (unpaired) electrons. The van der Waals surface area contributed by atoms with Gasteiger partial charge in [0.1, 0.15) is 0 Å². The molecule has 2 aromatic carbocycles. The maximum absolute atomic E-state index is 3.55. The van der Waals surface area contributed by atoms with E-state index in [0.717, 1.165) is 12.8 Å². The van der Waals surface area contributed by atoms with Crippen LogP contribution in [0.15, 0.2) is 54.6 Å². The lowest BCUT2D eigenvalue weighted by Gasteiger charge is -2.15. The van der Waals surface area contributed by atoms with Crippen molar-refractivity contribution in [1.82, 2.24) is 0 Å². The van der Waals surface area contributed by atoms with Crippen molar-refractivity contribution in [2.75, 3.05) is 5.32 Å². The number of anilines is 1. The van der Waals surface area contributed by atoms with Gasteiger partial charge in [0.2, 0.25) is 0 Å². The van der Waals surface area contributed by atoms with Gasteiger partial charge in [-0.3, -0.25) is 0 Å². The van der Waals surface area contributed by atoms with Gasteiger partial charge in [-0.05, 0) is 49.9 Å². The SMILES string of the molecule is Cc1cccc(NC(C)CCc2ccccc2)c1. The van der Waals surface area contributed by atoms with Crippen LogP contribution >= 0.6 is 0 Å². The highest BCUT2D eigenvalue weighted by atomic mass is 14.9. The van der Waals surface area contributed by atoms with E-state index in [1.807, 2.05) is 0 Å². The molecule has 1 nitrogen and oxygen atoms in total.